The van der Waals surface area contributed by atoms with Gasteiger partial charge in [-0.3, -0.25) is 4.79 Å². The predicted octanol–water partition coefficient (Wildman–Crippen LogP) is 0.747. The van der Waals surface area contributed by atoms with Crippen LogP contribution in [0, 0.1) is 23.2 Å². The molecule has 4 nitrogen and oxygen atoms in total. The molecule has 0 saturated carbocycles. The van der Waals surface area contributed by atoms with E-state index in [1.165, 1.54) is 25.9 Å². The average molecular weight is 221 g/mol. The Labute approximate surface area is 96.6 Å². The van der Waals surface area contributed by atoms with Crippen molar-refractivity contribution in [3.8, 4) is 6.07 Å². The lowest BCUT2D eigenvalue weighted by molar-refractivity contribution is -0.125. The first-order chi connectivity index (χ1) is 7.74. The molecule has 16 heavy (non-hydrogen) atoms. The third-order valence-electron chi connectivity index (χ3n) is 3.86. The van der Waals surface area contributed by atoms with Gasteiger partial charge < -0.3 is 10.2 Å². The van der Waals surface area contributed by atoms with Gasteiger partial charge >= 0.3 is 0 Å². The summed E-state index contributed by atoms with van der Waals surface area (Å²) in [7, 11) is 0. The van der Waals surface area contributed by atoms with E-state index >= 15 is 0 Å². The van der Waals surface area contributed by atoms with Gasteiger partial charge in [-0.05, 0) is 38.3 Å². The molecule has 3 aliphatic heterocycles. The number of rotatable bonds is 3. The van der Waals surface area contributed by atoms with Gasteiger partial charge in [-0.2, -0.15) is 5.26 Å². The van der Waals surface area contributed by atoms with Crippen molar-refractivity contribution in [3.63, 3.8) is 0 Å². The molecule has 3 aliphatic rings. The van der Waals surface area contributed by atoms with Gasteiger partial charge in [0.1, 0.15) is 5.92 Å². The summed E-state index contributed by atoms with van der Waals surface area (Å²) in [5, 5.41) is 11.9. The van der Waals surface area contributed by atoms with Crippen LogP contribution in [-0.2, 0) is 4.79 Å². The molecule has 0 aliphatic carbocycles. The highest BCUT2D eigenvalue weighted by atomic mass is 16.1. The number of fused-ring (bicyclic) bond motifs is 3. The largest absolute Gasteiger partial charge is 0.351 e. The summed E-state index contributed by atoms with van der Waals surface area (Å²) < 4.78 is 0. The zero-order valence-electron chi connectivity index (χ0n) is 9.78. The monoisotopic (exact) mass is 221 g/mol. The van der Waals surface area contributed by atoms with Crippen molar-refractivity contribution >= 4 is 5.91 Å². The second-order valence-corrected chi connectivity index (χ2v) is 4.84. The van der Waals surface area contributed by atoms with Crippen molar-refractivity contribution in [1.29, 1.82) is 5.26 Å². The molecule has 1 N–H and O–H groups in total. The van der Waals surface area contributed by atoms with Gasteiger partial charge in [0.2, 0.25) is 5.91 Å². The molecule has 2 bridgehead atoms. The summed E-state index contributed by atoms with van der Waals surface area (Å²) in [5.74, 6) is 0.0735. The molecule has 0 aromatic rings. The number of hydrogen-bond donors (Lipinski definition) is 1. The van der Waals surface area contributed by atoms with Gasteiger partial charge in [0.25, 0.3) is 0 Å². The SMILES string of the molecule is CCC(C#N)C(=O)NC1CN2CCC1CC2. The summed E-state index contributed by atoms with van der Waals surface area (Å²) in [4.78, 5) is 14.2. The van der Waals surface area contributed by atoms with Gasteiger partial charge in [0.15, 0.2) is 0 Å². The van der Waals surface area contributed by atoms with E-state index in [1.807, 2.05) is 6.92 Å². The molecule has 2 atom stereocenters. The molecule has 0 aromatic heterocycles. The third-order valence-corrected chi connectivity index (χ3v) is 3.86. The maximum Gasteiger partial charge on any atom is 0.237 e. The van der Waals surface area contributed by atoms with Gasteiger partial charge in [0.05, 0.1) is 6.07 Å². The molecule has 3 fully saturated rings. The number of amides is 1. The van der Waals surface area contributed by atoms with Crippen molar-refractivity contribution in [2.24, 2.45) is 11.8 Å². The zero-order chi connectivity index (χ0) is 11.5. The molecule has 0 spiro atoms. The van der Waals surface area contributed by atoms with Gasteiger partial charge in [-0.25, -0.2) is 0 Å². The molecule has 3 saturated heterocycles. The summed E-state index contributed by atoms with van der Waals surface area (Å²) in [5.41, 5.74) is 0. The highest BCUT2D eigenvalue weighted by Crippen LogP contribution is 2.27. The number of nitrogens with zero attached hydrogens (tertiary/aromatic N) is 2. The van der Waals surface area contributed by atoms with E-state index in [9.17, 15) is 4.79 Å². The van der Waals surface area contributed by atoms with Crippen LogP contribution in [0.15, 0.2) is 0 Å². The highest BCUT2D eigenvalue weighted by Gasteiger charge is 2.35. The van der Waals surface area contributed by atoms with Crippen molar-refractivity contribution in [2.75, 3.05) is 19.6 Å². The van der Waals surface area contributed by atoms with E-state index in [4.69, 9.17) is 5.26 Å². The Morgan fingerprint density at radius 2 is 2.25 bits per heavy atom. The first-order valence-corrected chi connectivity index (χ1v) is 6.17. The van der Waals surface area contributed by atoms with Crippen LogP contribution in [0.5, 0.6) is 0 Å². The van der Waals surface area contributed by atoms with Crippen LogP contribution in [-0.4, -0.2) is 36.5 Å². The van der Waals surface area contributed by atoms with Crippen LogP contribution in [0.2, 0.25) is 0 Å². The Balaban J connectivity index is 1.90. The third kappa shape index (κ3) is 2.19. The van der Waals surface area contributed by atoms with Gasteiger partial charge in [0, 0.05) is 12.6 Å². The van der Waals surface area contributed by atoms with Gasteiger partial charge in [-0.15, -0.1) is 0 Å². The summed E-state index contributed by atoms with van der Waals surface area (Å²) in [6.45, 7) is 5.20. The van der Waals surface area contributed by atoms with Crippen molar-refractivity contribution in [1.82, 2.24) is 10.2 Å². The summed E-state index contributed by atoms with van der Waals surface area (Å²) in [6, 6.07) is 2.33. The van der Waals surface area contributed by atoms with Crippen LogP contribution in [0.1, 0.15) is 26.2 Å². The van der Waals surface area contributed by atoms with Crippen LogP contribution < -0.4 is 5.32 Å². The first-order valence-electron chi connectivity index (χ1n) is 6.17. The Morgan fingerprint density at radius 3 is 2.69 bits per heavy atom. The van der Waals surface area contributed by atoms with E-state index in [1.54, 1.807) is 0 Å². The fourth-order valence-corrected chi connectivity index (χ4v) is 2.75. The lowest BCUT2D eigenvalue weighted by atomic mass is 9.84. The zero-order valence-corrected chi connectivity index (χ0v) is 9.78. The molecule has 3 heterocycles. The van der Waals surface area contributed by atoms with Crippen molar-refractivity contribution in [3.05, 3.63) is 0 Å². The fraction of sp³-hybridized carbons (Fsp3) is 0.833. The topological polar surface area (TPSA) is 56.1 Å². The molecule has 0 radical (unpaired) electrons. The first kappa shape index (κ1) is 11.4. The standard InChI is InChI=1S/C12H19N3O/c1-2-9(7-13)12(16)14-11-8-15-5-3-10(11)4-6-15/h9-11H,2-6,8H2,1H3,(H,14,16). The number of nitrogens with one attached hydrogen (secondary N) is 1. The quantitative estimate of drug-likeness (QED) is 0.765. The molecule has 88 valence electrons. The number of carbonyl (C=O) groups is 1. The maximum atomic E-state index is 11.8. The normalized spacial score (nSPS) is 34.1. The highest BCUT2D eigenvalue weighted by molar-refractivity contribution is 5.81. The van der Waals surface area contributed by atoms with Crippen LogP contribution in [0.3, 0.4) is 0 Å². The molecule has 4 heteroatoms. The predicted molar refractivity (Wildman–Crippen MR) is 60.5 cm³/mol. The van der Waals surface area contributed by atoms with E-state index in [-0.39, 0.29) is 11.9 Å². The molecule has 0 aromatic carbocycles. The number of piperidine rings is 3. The smallest absolute Gasteiger partial charge is 0.237 e. The molecular weight excluding hydrogens is 202 g/mol. The molecule has 3 rings (SSSR count). The van der Waals surface area contributed by atoms with Gasteiger partial charge in [-0.1, -0.05) is 6.92 Å². The van der Waals surface area contributed by atoms with E-state index < -0.39 is 5.92 Å². The minimum absolute atomic E-state index is 0.0799. The van der Waals surface area contributed by atoms with E-state index in [0.717, 1.165) is 6.54 Å². The Morgan fingerprint density at radius 1 is 1.56 bits per heavy atom. The van der Waals surface area contributed by atoms with E-state index in [2.05, 4.69) is 16.3 Å². The van der Waals surface area contributed by atoms with Crippen LogP contribution in [0.25, 0.3) is 0 Å². The van der Waals surface area contributed by atoms with Crippen molar-refractivity contribution in [2.45, 2.75) is 32.2 Å². The molecular formula is C12H19N3O. The van der Waals surface area contributed by atoms with Crippen molar-refractivity contribution < 1.29 is 4.79 Å². The minimum atomic E-state index is -0.476. The minimum Gasteiger partial charge on any atom is -0.351 e. The van der Waals surface area contributed by atoms with Crippen LogP contribution in [0.4, 0.5) is 0 Å². The second kappa shape index (κ2) is 4.84. The maximum absolute atomic E-state index is 11.8. The Kier molecular flexibility index (Phi) is 3.45. The average Bonchev–Trinajstić information content (AvgIpc) is 2.32. The number of carbonyl (C=O) groups excluding carboxylic acids is 1. The number of hydrogen-bond acceptors (Lipinski definition) is 3. The van der Waals surface area contributed by atoms with E-state index in [0.29, 0.717) is 12.3 Å². The number of nitriles is 1. The Bertz CT molecular complexity index is 302. The summed E-state index contributed by atoms with van der Waals surface area (Å²) in [6.07, 6.45) is 2.98. The molecule has 2 unspecified atom stereocenters. The Hall–Kier alpha value is -1.08. The van der Waals surface area contributed by atoms with Crippen LogP contribution >= 0.6 is 0 Å². The fourth-order valence-electron chi connectivity index (χ4n) is 2.75. The summed E-state index contributed by atoms with van der Waals surface area (Å²) >= 11 is 0. The molecule has 1 amide bonds. The lowest BCUT2D eigenvalue weighted by Crippen LogP contribution is -2.57. The lowest BCUT2D eigenvalue weighted by Gasteiger charge is -2.45. The second-order valence-electron chi connectivity index (χ2n) is 4.84.